The Labute approximate surface area is 115 Å². The standard InChI is InChI=1S/C13H24N2O3S/c1-3-8-14-9-11-19(16,17)15-12(2)6-7-13-5-4-10-18-13/h4-5,10,12,14-15H,3,6-9,11H2,1-2H3. The minimum absolute atomic E-state index is 0.0822. The molecule has 1 atom stereocenters. The van der Waals surface area contributed by atoms with Crippen molar-refractivity contribution in [2.45, 2.75) is 39.2 Å². The third-order valence-electron chi connectivity index (χ3n) is 2.76. The Morgan fingerprint density at radius 3 is 2.79 bits per heavy atom. The summed E-state index contributed by atoms with van der Waals surface area (Å²) in [6.07, 6.45) is 4.11. The molecule has 0 aliphatic heterocycles. The predicted molar refractivity (Wildman–Crippen MR) is 76.6 cm³/mol. The van der Waals surface area contributed by atoms with E-state index >= 15 is 0 Å². The SMILES string of the molecule is CCCNCCS(=O)(=O)NC(C)CCc1ccco1. The molecule has 5 nitrogen and oxygen atoms in total. The van der Waals surface area contributed by atoms with Crippen molar-refractivity contribution < 1.29 is 12.8 Å². The lowest BCUT2D eigenvalue weighted by molar-refractivity contribution is 0.480. The van der Waals surface area contributed by atoms with Crippen LogP contribution in [0, 0.1) is 0 Å². The van der Waals surface area contributed by atoms with Crippen molar-refractivity contribution in [3.8, 4) is 0 Å². The summed E-state index contributed by atoms with van der Waals surface area (Å²) in [4.78, 5) is 0. The largest absolute Gasteiger partial charge is 0.469 e. The molecule has 0 aliphatic carbocycles. The van der Waals surface area contributed by atoms with Crippen LogP contribution >= 0.6 is 0 Å². The molecule has 0 bridgehead atoms. The predicted octanol–water partition coefficient (Wildman–Crippen LogP) is 1.52. The van der Waals surface area contributed by atoms with Gasteiger partial charge in [-0.2, -0.15) is 0 Å². The highest BCUT2D eigenvalue weighted by atomic mass is 32.2. The van der Waals surface area contributed by atoms with E-state index in [2.05, 4.69) is 17.0 Å². The minimum Gasteiger partial charge on any atom is -0.469 e. The molecule has 0 fully saturated rings. The topological polar surface area (TPSA) is 71.3 Å². The normalized spacial score (nSPS) is 13.6. The van der Waals surface area contributed by atoms with Gasteiger partial charge in [0.05, 0.1) is 12.0 Å². The summed E-state index contributed by atoms with van der Waals surface area (Å²) in [5, 5.41) is 3.08. The van der Waals surface area contributed by atoms with Gasteiger partial charge in [0.25, 0.3) is 0 Å². The van der Waals surface area contributed by atoms with Crippen LogP contribution in [0.1, 0.15) is 32.4 Å². The van der Waals surface area contributed by atoms with Crippen molar-refractivity contribution >= 4 is 10.0 Å². The van der Waals surface area contributed by atoms with E-state index in [1.807, 2.05) is 19.1 Å². The van der Waals surface area contributed by atoms with Crippen LogP contribution in [0.15, 0.2) is 22.8 Å². The molecule has 0 saturated heterocycles. The molecule has 0 radical (unpaired) electrons. The second kappa shape index (κ2) is 8.35. The van der Waals surface area contributed by atoms with Gasteiger partial charge in [0.15, 0.2) is 0 Å². The number of nitrogens with one attached hydrogen (secondary N) is 2. The van der Waals surface area contributed by atoms with E-state index < -0.39 is 10.0 Å². The van der Waals surface area contributed by atoms with Crippen LogP contribution in [0.4, 0.5) is 0 Å². The van der Waals surface area contributed by atoms with Crippen molar-refractivity contribution in [3.63, 3.8) is 0 Å². The highest BCUT2D eigenvalue weighted by Crippen LogP contribution is 2.06. The Morgan fingerprint density at radius 2 is 2.16 bits per heavy atom. The van der Waals surface area contributed by atoms with E-state index in [4.69, 9.17) is 4.42 Å². The van der Waals surface area contributed by atoms with Gasteiger partial charge in [0.2, 0.25) is 10.0 Å². The lowest BCUT2D eigenvalue weighted by Crippen LogP contribution is -2.37. The first kappa shape index (κ1) is 16.2. The van der Waals surface area contributed by atoms with Crippen LogP contribution in [-0.4, -0.2) is 33.3 Å². The molecule has 0 aliphatic rings. The number of aryl methyl sites for hydroxylation is 1. The van der Waals surface area contributed by atoms with E-state index in [9.17, 15) is 8.42 Å². The molecule has 0 saturated carbocycles. The maximum atomic E-state index is 11.8. The van der Waals surface area contributed by atoms with Crippen molar-refractivity contribution in [2.24, 2.45) is 0 Å². The molecule has 0 aromatic carbocycles. The molecule has 1 heterocycles. The summed E-state index contributed by atoms with van der Waals surface area (Å²) < 4.78 is 31.5. The number of sulfonamides is 1. The zero-order chi connectivity index (χ0) is 14.1. The number of furan rings is 1. The van der Waals surface area contributed by atoms with Crippen LogP contribution in [-0.2, 0) is 16.4 Å². The Kier molecular flexibility index (Phi) is 7.12. The van der Waals surface area contributed by atoms with E-state index in [1.165, 1.54) is 0 Å². The minimum atomic E-state index is -3.20. The Balaban J connectivity index is 2.23. The van der Waals surface area contributed by atoms with Crippen molar-refractivity contribution in [3.05, 3.63) is 24.2 Å². The van der Waals surface area contributed by atoms with Crippen LogP contribution in [0.3, 0.4) is 0 Å². The first-order chi connectivity index (χ1) is 9.03. The number of hydrogen-bond donors (Lipinski definition) is 2. The second-order valence-electron chi connectivity index (χ2n) is 4.71. The highest BCUT2D eigenvalue weighted by Gasteiger charge is 2.14. The molecule has 2 N–H and O–H groups in total. The summed E-state index contributed by atoms with van der Waals surface area (Å²) in [6, 6.07) is 3.65. The van der Waals surface area contributed by atoms with E-state index in [1.54, 1.807) is 6.26 Å². The molecule has 1 aromatic rings. The summed E-state index contributed by atoms with van der Waals surface area (Å²) in [7, 11) is -3.20. The molecule has 110 valence electrons. The first-order valence-electron chi connectivity index (χ1n) is 6.76. The van der Waals surface area contributed by atoms with Crippen molar-refractivity contribution in [2.75, 3.05) is 18.8 Å². The maximum absolute atomic E-state index is 11.8. The molecule has 19 heavy (non-hydrogen) atoms. The monoisotopic (exact) mass is 288 g/mol. The van der Waals surface area contributed by atoms with Crippen molar-refractivity contribution in [1.29, 1.82) is 0 Å². The van der Waals surface area contributed by atoms with Gasteiger partial charge in [-0.25, -0.2) is 13.1 Å². The third kappa shape index (κ3) is 7.34. The summed E-state index contributed by atoms with van der Waals surface area (Å²) in [6.45, 7) is 5.27. The van der Waals surface area contributed by atoms with Crippen LogP contribution in [0.2, 0.25) is 0 Å². The fraction of sp³-hybridized carbons (Fsp3) is 0.692. The molecular formula is C13H24N2O3S. The lowest BCUT2D eigenvalue weighted by Gasteiger charge is -2.13. The van der Waals surface area contributed by atoms with Crippen LogP contribution < -0.4 is 10.0 Å². The number of hydrogen-bond acceptors (Lipinski definition) is 4. The summed E-state index contributed by atoms with van der Waals surface area (Å²) in [5.41, 5.74) is 0. The highest BCUT2D eigenvalue weighted by molar-refractivity contribution is 7.89. The quantitative estimate of drug-likeness (QED) is 0.640. The Bertz CT molecular complexity index is 429. The van der Waals surface area contributed by atoms with Crippen molar-refractivity contribution in [1.82, 2.24) is 10.0 Å². The lowest BCUT2D eigenvalue weighted by atomic mass is 10.2. The fourth-order valence-corrected chi connectivity index (χ4v) is 3.01. The second-order valence-corrected chi connectivity index (χ2v) is 6.58. The Morgan fingerprint density at radius 1 is 1.37 bits per heavy atom. The molecular weight excluding hydrogens is 264 g/mol. The van der Waals surface area contributed by atoms with Gasteiger partial charge in [0, 0.05) is 19.0 Å². The third-order valence-corrected chi connectivity index (χ3v) is 4.26. The van der Waals surface area contributed by atoms with Gasteiger partial charge in [-0.1, -0.05) is 6.92 Å². The molecule has 0 spiro atoms. The molecule has 1 aromatic heterocycles. The van der Waals surface area contributed by atoms with E-state index in [-0.39, 0.29) is 11.8 Å². The van der Waals surface area contributed by atoms with Crippen LogP contribution in [0.25, 0.3) is 0 Å². The molecule has 1 unspecified atom stereocenters. The average Bonchev–Trinajstić information content (AvgIpc) is 2.85. The van der Waals surface area contributed by atoms with E-state index in [0.717, 1.165) is 31.6 Å². The first-order valence-corrected chi connectivity index (χ1v) is 8.42. The molecule has 1 rings (SSSR count). The smallest absolute Gasteiger partial charge is 0.213 e. The summed E-state index contributed by atoms with van der Waals surface area (Å²) >= 11 is 0. The maximum Gasteiger partial charge on any atom is 0.213 e. The van der Waals surface area contributed by atoms with Gasteiger partial charge >= 0.3 is 0 Å². The van der Waals surface area contributed by atoms with Crippen LogP contribution in [0.5, 0.6) is 0 Å². The fourth-order valence-electron chi connectivity index (χ4n) is 1.75. The van der Waals surface area contributed by atoms with E-state index in [0.29, 0.717) is 6.54 Å². The van der Waals surface area contributed by atoms with Gasteiger partial charge in [-0.15, -0.1) is 0 Å². The summed E-state index contributed by atoms with van der Waals surface area (Å²) in [5.74, 6) is 1.01. The Hall–Kier alpha value is -0.850. The average molecular weight is 288 g/mol. The molecule has 6 heteroatoms. The zero-order valence-corrected chi connectivity index (χ0v) is 12.5. The molecule has 0 amide bonds. The number of rotatable bonds is 10. The van der Waals surface area contributed by atoms with Gasteiger partial charge < -0.3 is 9.73 Å². The van der Waals surface area contributed by atoms with Gasteiger partial charge in [-0.05, 0) is 38.4 Å². The van der Waals surface area contributed by atoms with Gasteiger partial charge in [0.1, 0.15) is 5.76 Å². The van der Waals surface area contributed by atoms with Gasteiger partial charge in [-0.3, -0.25) is 0 Å². The zero-order valence-electron chi connectivity index (χ0n) is 11.7.